The van der Waals surface area contributed by atoms with Gasteiger partial charge >= 0.3 is 13.7 Å². The van der Waals surface area contributed by atoms with Crippen LogP contribution in [-0.4, -0.2) is 79.6 Å². The summed E-state index contributed by atoms with van der Waals surface area (Å²) in [6.45, 7) is 4.67. The van der Waals surface area contributed by atoms with Crippen molar-refractivity contribution in [3.63, 3.8) is 0 Å². The van der Waals surface area contributed by atoms with Gasteiger partial charge in [-0.05, 0) is 52.1 Å². The zero-order chi connectivity index (χ0) is 21.8. The first-order valence-corrected chi connectivity index (χ1v) is 11.8. The second-order valence-electron chi connectivity index (χ2n) is 7.91. The first-order chi connectivity index (χ1) is 13.5. The molecule has 3 atom stereocenters. The van der Waals surface area contributed by atoms with Crippen molar-refractivity contribution in [2.45, 2.75) is 76.4 Å². The summed E-state index contributed by atoms with van der Waals surface area (Å²) >= 11 is 0. The van der Waals surface area contributed by atoms with Crippen LogP contribution in [0.3, 0.4) is 0 Å². The molecule has 10 nitrogen and oxygen atoms in total. The highest BCUT2D eigenvalue weighted by atomic mass is 31.2. The fourth-order valence-electron chi connectivity index (χ4n) is 4.49. The molecular weight excluding hydrogens is 401 g/mol. The minimum Gasteiger partial charge on any atom is -0.480 e. The molecule has 0 aromatic heterocycles. The highest BCUT2D eigenvalue weighted by Gasteiger charge is 2.57. The van der Waals surface area contributed by atoms with E-state index in [9.17, 15) is 24.1 Å². The second-order valence-corrected chi connectivity index (χ2v) is 9.26. The first-order valence-electron chi connectivity index (χ1n) is 10.2. The molecule has 1 amide bonds. The number of Topliss-reactive ketones (excluding diaryl/α,β-unsaturated/α-hetero) is 1. The van der Waals surface area contributed by atoms with E-state index in [2.05, 4.69) is 6.92 Å². The lowest BCUT2D eigenvalue weighted by molar-refractivity contribution is -0.159. The van der Waals surface area contributed by atoms with Crippen LogP contribution in [-0.2, 0) is 18.9 Å². The number of rotatable bonds is 10. The van der Waals surface area contributed by atoms with Gasteiger partial charge in [0.05, 0.1) is 12.1 Å². The summed E-state index contributed by atoms with van der Waals surface area (Å²) < 4.78 is 11.2. The fraction of sp³-hybridized carbons (Fsp3) is 0.833. The van der Waals surface area contributed by atoms with Gasteiger partial charge in [-0.25, -0.2) is 14.4 Å². The Bertz CT molecular complexity index is 682. The lowest BCUT2D eigenvalue weighted by atomic mass is 9.85. The van der Waals surface area contributed by atoms with E-state index in [4.69, 9.17) is 9.79 Å². The van der Waals surface area contributed by atoms with Crippen LogP contribution in [0, 0.1) is 0 Å². The van der Waals surface area contributed by atoms with Gasteiger partial charge in [0.25, 0.3) is 0 Å². The normalized spacial score (nSPS) is 26.6. The summed E-state index contributed by atoms with van der Waals surface area (Å²) in [5, 5.41) is 12.0. The van der Waals surface area contributed by atoms with Gasteiger partial charge in [-0.3, -0.25) is 14.5 Å². The minimum atomic E-state index is -4.62. The van der Waals surface area contributed by atoms with Crippen molar-refractivity contribution in [1.82, 2.24) is 14.9 Å². The molecule has 2 rings (SSSR count). The van der Waals surface area contributed by atoms with Crippen LogP contribution >= 0.6 is 7.75 Å². The van der Waals surface area contributed by atoms with E-state index in [1.165, 1.54) is 11.8 Å². The molecule has 2 aliphatic rings. The van der Waals surface area contributed by atoms with E-state index in [1.807, 2.05) is 5.09 Å². The van der Waals surface area contributed by atoms with Crippen LogP contribution in [0.5, 0.6) is 0 Å². The Morgan fingerprint density at radius 2 is 1.90 bits per heavy atom. The fourth-order valence-corrected chi connectivity index (χ4v) is 5.11. The number of hydrogen-bond acceptors (Lipinski definition) is 5. The maximum Gasteiger partial charge on any atom is 0.401 e. The summed E-state index contributed by atoms with van der Waals surface area (Å²) in [4.78, 5) is 59.6. The van der Waals surface area contributed by atoms with Crippen LogP contribution in [0.15, 0.2) is 0 Å². The summed E-state index contributed by atoms with van der Waals surface area (Å²) in [6.07, 6.45) is 4.43. The number of carbonyl (C=O) groups excluding carboxylic acids is 2. The Kier molecular flexibility index (Phi) is 7.98. The highest BCUT2D eigenvalue weighted by Crippen LogP contribution is 2.36. The SMILES string of the molecule is CCCCCN1CCCC1(C(=O)O)C(=O)[C@@H]1CCCN1C(=O)[C@H](C)NP(=O)(O)O. The molecule has 29 heavy (non-hydrogen) atoms. The molecule has 2 saturated heterocycles. The number of aliphatic carboxylic acids is 1. The van der Waals surface area contributed by atoms with Gasteiger partial charge in [0.2, 0.25) is 5.91 Å². The predicted molar refractivity (Wildman–Crippen MR) is 105 cm³/mol. The Labute approximate surface area is 170 Å². The molecule has 2 heterocycles. The number of carbonyl (C=O) groups is 3. The number of carboxylic acids is 1. The van der Waals surface area contributed by atoms with Crippen LogP contribution < -0.4 is 5.09 Å². The highest BCUT2D eigenvalue weighted by molar-refractivity contribution is 7.49. The maximum atomic E-state index is 13.5. The summed E-state index contributed by atoms with van der Waals surface area (Å²) in [6, 6.07) is -2.08. The zero-order valence-electron chi connectivity index (χ0n) is 17.0. The third kappa shape index (κ3) is 5.24. The van der Waals surface area contributed by atoms with Gasteiger partial charge < -0.3 is 19.8 Å². The molecule has 4 N–H and O–H groups in total. The lowest BCUT2D eigenvalue weighted by Crippen LogP contribution is -2.62. The van der Waals surface area contributed by atoms with E-state index >= 15 is 0 Å². The van der Waals surface area contributed by atoms with Gasteiger partial charge in [-0.1, -0.05) is 19.8 Å². The van der Waals surface area contributed by atoms with E-state index in [0.29, 0.717) is 32.4 Å². The number of nitrogens with one attached hydrogen (secondary N) is 1. The topological polar surface area (TPSA) is 147 Å². The molecular formula is C18H32N3O7P. The molecule has 2 fully saturated rings. The van der Waals surface area contributed by atoms with Gasteiger partial charge in [-0.2, -0.15) is 0 Å². The smallest absolute Gasteiger partial charge is 0.401 e. The number of likely N-dealkylation sites (tertiary alicyclic amines) is 2. The van der Waals surface area contributed by atoms with Crippen molar-refractivity contribution >= 4 is 25.4 Å². The maximum absolute atomic E-state index is 13.5. The van der Waals surface area contributed by atoms with Crippen molar-refractivity contribution in [1.29, 1.82) is 0 Å². The molecule has 0 saturated carbocycles. The predicted octanol–water partition coefficient (Wildman–Crippen LogP) is 0.727. The third-order valence-corrected chi connectivity index (χ3v) is 6.59. The van der Waals surface area contributed by atoms with Crippen LogP contribution in [0.4, 0.5) is 0 Å². The summed E-state index contributed by atoms with van der Waals surface area (Å²) in [7, 11) is -4.62. The van der Waals surface area contributed by atoms with Crippen molar-refractivity contribution < 1.29 is 33.8 Å². The molecule has 0 bridgehead atoms. The van der Waals surface area contributed by atoms with Crippen LogP contribution in [0.25, 0.3) is 0 Å². The molecule has 0 aromatic carbocycles. The van der Waals surface area contributed by atoms with E-state index < -0.39 is 43.0 Å². The average molecular weight is 433 g/mol. The summed E-state index contributed by atoms with van der Waals surface area (Å²) in [5.41, 5.74) is -1.64. The van der Waals surface area contributed by atoms with E-state index in [0.717, 1.165) is 19.3 Å². The van der Waals surface area contributed by atoms with Crippen molar-refractivity contribution in [2.75, 3.05) is 19.6 Å². The number of carboxylic acid groups (broad SMARTS) is 1. The average Bonchev–Trinajstić information content (AvgIpc) is 3.27. The second kappa shape index (κ2) is 9.66. The number of amides is 1. The zero-order valence-corrected chi connectivity index (χ0v) is 17.9. The van der Waals surface area contributed by atoms with E-state index in [-0.39, 0.29) is 13.0 Å². The van der Waals surface area contributed by atoms with E-state index in [1.54, 1.807) is 4.90 Å². The minimum absolute atomic E-state index is 0.210. The largest absolute Gasteiger partial charge is 0.480 e. The van der Waals surface area contributed by atoms with Crippen LogP contribution in [0.2, 0.25) is 0 Å². The van der Waals surface area contributed by atoms with Crippen LogP contribution in [0.1, 0.15) is 58.8 Å². The van der Waals surface area contributed by atoms with Gasteiger partial charge in [-0.15, -0.1) is 0 Å². The Hall–Kier alpha value is -1.32. The quantitative estimate of drug-likeness (QED) is 0.222. The first kappa shape index (κ1) is 24.0. The molecule has 0 aromatic rings. The summed E-state index contributed by atoms with van der Waals surface area (Å²) in [5.74, 6) is -2.29. The molecule has 0 spiro atoms. The third-order valence-electron chi connectivity index (χ3n) is 5.87. The Morgan fingerprint density at radius 1 is 1.21 bits per heavy atom. The standard InChI is InChI=1S/C18H32N3O7P/c1-3-4-5-10-20-11-7-9-18(20,17(24)25)15(22)14-8-6-12-21(14)16(23)13(2)19-29(26,27)28/h13-14H,3-12H2,1-2H3,(H,24,25)(H3,19,26,27,28)/t13-,14-,18?/m0/s1. The number of nitrogens with zero attached hydrogens (tertiary/aromatic N) is 2. The number of hydrogen-bond donors (Lipinski definition) is 4. The molecule has 0 radical (unpaired) electrons. The molecule has 0 aliphatic carbocycles. The Balaban J connectivity index is 2.23. The number of unbranched alkanes of at least 4 members (excludes halogenated alkanes) is 2. The Morgan fingerprint density at radius 3 is 2.48 bits per heavy atom. The van der Waals surface area contributed by atoms with Gasteiger partial charge in [0.1, 0.15) is 0 Å². The van der Waals surface area contributed by atoms with Crippen molar-refractivity contribution in [3.05, 3.63) is 0 Å². The van der Waals surface area contributed by atoms with Crippen molar-refractivity contribution in [3.8, 4) is 0 Å². The molecule has 166 valence electrons. The lowest BCUT2D eigenvalue weighted by Gasteiger charge is -2.37. The molecule has 2 aliphatic heterocycles. The van der Waals surface area contributed by atoms with Gasteiger partial charge in [0.15, 0.2) is 11.3 Å². The molecule has 11 heteroatoms. The number of ketones is 1. The van der Waals surface area contributed by atoms with Gasteiger partial charge in [0, 0.05) is 6.54 Å². The van der Waals surface area contributed by atoms with Crippen molar-refractivity contribution in [2.24, 2.45) is 0 Å². The monoisotopic (exact) mass is 433 g/mol. The molecule has 1 unspecified atom stereocenters.